The molecule has 0 bridgehead atoms. The molecule has 1 aromatic carbocycles. The molecule has 170 valence electrons. The number of carboxylic acids is 1. The summed E-state index contributed by atoms with van der Waals surface area (Å²) >= 11 is 0. The standard InChI is InChI=1S/C22H33N5O4/c1-31-16-4-9-23-22(24-19-7-5-18(6-8-19)21(29)30)27-14-12-25(13-15-27)17-20(28)26-10-2-3-11-26/h5-8H,2-4,9-17H2,1H3,(H,23,24)(H,29,30). The smallest absolute Gasteiger partial charge is 0.335 e. The predicted molar refractivity (Wildman–Crippen MR) is 120 cm³/mol. The van der Waals surface area contributed by atoms with Crippen LogP contribution in [0.25, 0.3) is 0 Å². The second-order valence-corrected chi connectivity index (χ2v) is 7.91. The lowest BCUT2D eigenvalue weighted by atomic mass is 10.2. The molecule has 0 aromatic heterocycles. The number of aliphatic imine (C=N–C) groups is 1. The number of benzene rings is 1. The van der Waals surface area contributed by atoms with Crippen molar-refractivity contribution >= 4 is 23.5 Å². The van der Waals surface area contributed by atoms with Gasteiger partial charge in [-0.1, -0.05) is 0 Å². The van der Waals surface area contributed by atoms with Crippen LogP contribution in [0.3, 0.4) is 0 Å². The molecule has 3 rings (SSSR count). The van der Waals surface area contributed by atoms with Crippen LogP contribution in [-0.4, -0.2) is 104 Å². The van der Waals surface area contributed by atoms with E-state index in [4.69, 9.17) is 14.8 Å². The van der Waals surface area contributed by atoms with Gasteiger partial charge in [0.1, 0.15) is 0 Å². The molecule has 0 atom stereocenters. The number of nitrogens with one attached hydrogen (secondary N) is 1. The minimum absolute atomic E-state index is 0.232. The van der Waals surface area contributed by atoms with Crippen LogP contribution in [0.2, 0.25) is 0 Å². The molecule has 1 amide bonds. The Morgan fingerprint density at radius 1 is 1.03 bits per heavy atom. The Kier molecular flexibility index (Phi) is 8.66. The molecule has 2 aliphatic rings. The third kappa shape index (κ3) is 6.93. The highest BCUT2D eigenvalue weighted by molar-refractivity contribution is 5.94. The number of amides is 1. The number of anilines is 1. The molecule has 2 fully saturated rings. The van der Waals surface area contributed by atoms with Gasteiger partial charge < -0.3 is 25.0 Å². The molecule has 0 unspecified atom stereocenters. The van der Waals surface area contributed by atoms with Crippen LogP contribution in [0.5, 0.6) is 0 Å². The first-order valence-corrected chi connectivity index (χ1v) is 11.0. The molecule has 1 aromatic rings. The summed E-state index contributed by atoms with van der Waals surface area (Å²) in [5, 5.41) is 12.4. The van der Waals surface area contributed by atoms with E-state index in [1.54, 1.807) is 31.4 Å². The van der Waals surface area contributed by atoms with Gasteiger partial charge in [-0.05, 0) is 43.5 Å². The van der Waals surface area contributed by atoms with Gasteiger partial charge in [-0.2, -0.15) is 0 Å². The van der Waals surface area contributed by atoms with Crippen LogP contribution in [0.4, 0.5) is 5.69 Å². The predicted octanol–water partition coefficient (Wildman–Crippen LogP) is 1.43. The van der Waals surface area contributed by atoms with E-state index in [-0.39, 0.29) is 11.5 Å². The lowest BCUT2D eigenvalue weighted by Gasteiger charge is -2.36. The molecule has 0 aliphatic carbocycles. The van der Waals surface area contributed by atoms with Crippen molar-refractivity contribution in [1.29, 1.82) is 0 Å². The van der Waals surface area contributed by atoms with Crippen molar-refractivity contribution < 1.29 is 19.4 Å². The third-order valence-corrected chi connectivity index (χ3v) is 5.65. The first kappa shape index (κ1) is 23.0. The minimum atomic E-state index is -0.945. The summed E-state index contributed by atoms with van der Waals surface area (Å²) in [7, 11) is 1.68. The SMILES string of the molecule is COCCCN=C(Nc1ccc(C(=O)O)cc1)N1CCN(CC(=O)N2CCCC2)CC1. The molecule has 9 heteroatoms. The number of aromatic carboxylic acids is 1. The van der Waals surface area contributed by atoms with Crippen LogP contribution in [-0.2, 0) is 9.53 Å². The number of hydrogen-bond acceptors (Lipinski definition) is 5. The van der Waals surface area contributed by atoms with E-state index in [1.807, 2.05) is 4.90 Å². The molecular weight excluding hydrogens is 398 g/mol. The minimum Gasteiger partial charge on any atom is -0.478 e. The van der Waals surface area contributed by atoms with Crippen LogP contribution in [0, 0.1) is 0 Å². The second kappa shape index (κ2) is 11.7. The Bertz CT molecular complexity index is 754. The van der Waals surface area contributed by atoms with Gasteiger partial charge in [-0.3, -0.25) is 14.7 Å². The van der Waals surface area contributed by atoms with Crippen molar-refractivity contribution in [3.63, 3.8) is 0 Å². The number of carbonyl (C=O) groups excluding carboxylic acids is 1. The maximum Gasteiger partial charge on any atom is 0.335 e. The second-order valence-electron chi connectivity index (χ2n) is 7.91. The average molecular weight is 432 g/mol. The topological polar surface area (TPSA) is 97.7 Å². The number of likely N-dealkylation sites (tertiary alicyclic amines) is 1. The van der Waals surface area contributed by atoms with Gasteiger partial charge in [-0.25, -0.2) is 4.79 Å². The lowest BCUT2D eigenvalue weighted by Crippen LogP contribution is -2.52. The number of guanidine groups is 1. The maximum atomic E-state index is 12.4. The lowest BCUT2D eigenvalue weighted by molar-refractivity contribution is -0.131. The number of nitrogens with zero attached hydrogens (tertiary/aromatic N) is 4. The van der Waals surface area contributed by atoms with Crippen molar-refractivity contribution in [2.45, 2.75) is 19.3 Å². The number of hydrogen-bond donors (Lipinski definition) is 2. The van der Waals surface area contributed by atoms with Gasteiger partial charge >= 0.3 is 5.97 Å². The molecule has 0 radical (unpaired) electrons. The fraction of sp³-hybridized carbons (Fsp3) is 0.591. The number of carboxylic acid groups (broad SMARTS) is 1. The van der Waals surface area contributed by atoms with Gasteiger partial charge in [0.05, 0.1) is 12.1 Å². The Morgan fingerprint density at radius 3 is 2.32 bits per heavy atom. The molecule has 2 saturated heterocycles. The van der Waals surface area contributed by atoms with Gasteiger partial charge in [0.25, 0.3) is 0 Å². The summed E-state index contributed by atoms with van der Waals surface area (Å²) in [6.45, 7) is 6.70. The normalized spacial score (nSPS) is 17.8. The van der Waals surface area contributed by atoms with E-state index < -0.39 is 5.97 Å². The quantitative estimate of drug-likeness (QED) is 0.365. The van der Waals surface area contributed by atoms with Crippen LogP contribution in [0.1, 0.15) is 29.6 Å². The molecule has 9 nitrogen and oxygen atoms in total. The number of methoxy groups -OCH3 is 1. The summed E-state index contributed by atoms with van der Waals surface area (Å²) < 4.78 is 5.11. The van der Waals surface area contributed by atoms with E-state index in [1.165, 1.54) is 0 Å². The van der Waals surface area contributed by atoms with Crippen molar-refractivity contribution in [3.8, 4) is 0 Å². The van der Waals surface area contributed by atoms with Crippen molar-refractivity contribution in [2.75, 3.05) is 71.4 Å². The van der Waals surface area contributed by atoms with Gasteiger partial charge in [0, 0.05) is 65.2 Å². The fourth-order valence-corrected chi connectivity index (χ4v) is 3.81. The Labute approximate surface area is 183 Å². The van der Waals surface area contributed by atoms with Gasteiger partial charge in [0.2, 0.25) is 5.91 Å². The fourth-order valence-electron chi connectivity index (χ4n) is 3.81. The van der Waals surface area contributed by atoms with E-state index in [9.17, 15) is 9.59 Å². The highest BCUT2D eigenvalue weighted by Gasteiger charge is 2.24. The van der Waals surface area contributed by atoms with Gasteiger partial charge in [-0.15, -0.1) is 0 Å². The number of ether oxygens (including phenoxy) is 1. The number of rotatable bonds is 8. The summed E-state index contributed by atoms with van der Waals surface area (Å²) in [6, 6.07) is 6.66. The molecule has 31 heavy (non-hydrogen) atoms. The molecule has 2 N–H and O–H groups in total. The van der Waals surface area contributed by atoms with Crippen LogP contribution >= 0.6 is 0 Å². The third-order valence-electron chi connectivity index (χ3n) is 5.65. The molecule has 2 heterocycles. The zero-order valence-electron chi connectivity index (χ0n) is 18.3. The van der Waals surface area contributed by atoms with Crippen molar-refractivity contribution in [3.05, 3.63) is 29.8 Å². The summed E-state index contributed by atoms with van der Waals surface area (Å²) in [5.74, 6) is 0.0559. The van der Waals surface area contributed by atoms with Gasteiger partial charge in [0.15, 0.2) is 5.96 Å². The average Bonchev–Trinajstić information content (AvgIpc) is 3.32. The number of carbonyl (C=O) groups is 2. The largest absolute Gasteiger partial charge is 0.478 e. The molecule has 0 saturated carbocycles. The van der Waals surface area contributed by atoms with E-state index in [0.717, 1.165) is 70.2 Å². The maximum absolute atomic E-state index is 12.4. The summed E-state index contributed by atoms with van der Waals surface area (Å²) in [4.78, 5) is 34.6. The molecule has 0 spiro atoms. The first-order valence-electron chi connectivity index (χ1n) is 11.0. The number of piperazine rings is 1. The Morgan fingerprint density at radius 2 is 1.71 bits per heavy atom. The van der Waals surface area contributed by atoms with Crippen LogP contribution in [0.15, 0.2) is 29.3 Å². The van der Waals surface area contributed by atoms with Crippen molar-refractivity contribution in [1.82, 2.24) is 14.7 Å². The highest BCUT2D eigenvalue weighted by Crippen LogP contribution is 2.13. The summed E-state index contributed by atoms with van der Waals surface area (Å²) in [6.07, 6.45) is 3.05. The zero-order valence-corrected chi connectivity index (χ0v) is 18.3. The molecule has 2 aliphatic heterocycles. The van der Waals surface area contributed by atoms with Crippen molar-refractivity contribution in [2.24, 2.45) is 4.99 Å². The Balaban J connectivity index is 1.57. The van der Waals surface area contributed by atoms with Crippen LogP contribution < -0.4 is 5.32 Å². The highest BCUT2D eigenvalue weighted by atomic mass is 16.5. The molecular formula is C22H33N5O4. The summed E-state index contributed by atoms with van der Waals surface area (Å²) in [5.41, 5.74) is 1.04. The zero-order chi connectivity index (χ0) is 22.1. The van der Waals surface area contributed by atoms with E-state index >= 15 is 0 Å². The monoisotopic (exact) mass is 431 g/mol. The first-order chi connectivity index (χ1) is 15.1. The van der Waals surface area contributed by atoms with E-state index in [0.29, 0.717) is 19.7 Å². The Hall–Kier alpha value is -2.65. The van der Waals surface area contributed by atoms with E-state index in [2.05, 4.69) is 15.1 Å².